The number of methoxy groups -OCH3 is 2. The highest BCUT2D eigenvalue weighted by Crippen LogP contribution is 2.29. The second-order valence-corrected chi connectivity index (χ2v) is 7.22. The Bertz CT molecular complexity index is 1040. The maximum atomic E-state index is 10.6. The summed E-state index contributed by atoms with van der Waals surface area (Å²) in [6.45, 7) is 5.32. The molecule has 1 atom stereocenters. The van der Waals surface area contributed by atoms with E-state index in [1.165, 1.54) is 5.56 Å². The van der Waals surface area contributed by atoms with Crippen LogP contribution in [0.1, 0.15) is 29.8 Å². The molecule has 0 spiro atoms. The topological polar surface area (TPSA) is 101 Å². The van der Waals surface area contributed by atoms with Crippen LogP contribution < -0.4 is 20.1 Å². The minimum atomic E-state index is -0.751. The Labute approximate surface area is 211 Å². The fourth-order valence-electron chi connectivity index (χ4n) is 3.08. The van der Waals surface area contributed by atoms with Crippen molar-refractivity contribution in [3.05, 3.63) is 65.5 Å². The Hall–Kier alpha value is -2.79. The number of aromatic nitrogens is 1. The molecule has 0 saturated heterocycles. The maximum Gasteiger partial charge on any atom is 0.226 e. The first-order valence-electron chi connectivity index (χ1n) is 10.5. The van der Waals surface area contributed by atoms with E-state index in [0.29, 0.717) is 42.0 Å². The molecule has 3 rings (SSSR count). The molecule has 0 fully saturated rings. The average molecular weight is 566 g/mol. The number of guanidine groups is 1. The predicted octanol–water partition coefficient (Wildman–Crippen LogP) is 4.07. The van der Waals surface area contributed by atoms with Gasteiger partial charge >= 0.3 is 0 Å². The molecule has 0 aliphatic carbocycles. The van der Waals surface area contributed by atoms with Gasteiger partial charge in [0.2, 0.25) is 5.89 Å². The molecule has 8 nitrogen and oxygen atoms in total. The highest BCUT2D eigenvalue weighted by molar-refractivity contribution is 14.0. The SMILES string of the molecule is CCNC(=NCc1coc(-c2ccc(C)cc2)n1)NCC(O)c1ccc(OC)c(OC)c1.I. The summed E-state index contributed by atoms with van der Waals surface area (Å²) < 4.78 is 16.2. The lowest BCUT2D eigenvalue weighted by Crippen LogP contribution is -2.39. The summed E-state index contributed by atoms with van der Waals surface area (Å²) in [4.78, 5) is 9.06. The smallest absolute Gasteiger partial charge is 0.226 e. The zero-order valence-electron chi connectivity index (χ0n) is 19.3. The van der Waals surface area contributed by atoms with Crippen LogP contribution >= 0.6 is 24.0 Å². The molecule has 0 aliphatic heterocycles. The number of hydrogen-bond donors (Lipinski definition) is 3. The molecule has 0 saturated carbocycles. The predicted molar refractivity (Wildman–Crippen MR) is 139 cm³/mol. The van der Waals surface area contributed by atoms with Crippen LogP contribution in [0.25, 0.3) is 11.5 Å². The Kier molecular flexibility index (Phi) is 10.5. The van der Waals surface area contributed by atoms with E-state index < -0.39 is 6.10 Å². The lowest BCUT2D eigenvalue weighted by Gasteiger charge is -2.17. The number of aliphatic imine (C=N–C) groups is 1. The average Bonchev–Trinajstić information content (AvgIpc) is 3.29. The Balaban J connectivity index is 0.00000385. The molecule has 0 radical (unpaired) electrons. The van der Waals surface area contributed by atoms with Crippen molar-refractivity contribution in [2.24, 2.45) is 4.99 Å². The number of hydrogen-bond acceptors (Lipinski definition) is 6. The van der Waals surface area contributed by atoms with Gasteiger partial charge < -0.3 is 29.6 Å². The minimum absolute atomic E-state index is 0. The number of ether oxygens (including phenoxy) is 2. The van der Waals surface area contributed by atoms with E-state index in [0.717, 1.165) is 11.3 Å². The molecule has 0 amide bonds. The van der Waals surface area contributed by atoms with Crippen LogP contribution in [0.15, 0.2) is 58.1 Å². The number of nitrogens with one attached hydrogen (secondary N) is 2. The van der Waals surface area contributed by atoms with Crippen molar-refractivity contribution in [1.82, 2.24) is 15.6 Å². The number of halogens is 1. The summed E-state index contributed by atoms with van der Waals surface area (Å²) in [5.41, 5.74) is 3.54. The number of nitrogens with zero attached hydrogens (tertiary/aromatic N) is 2. The minimum Gasteiger partial charge on any atom is -0.493 e. The molecule has 1 aromatic heterocycles. The molecular formula is C24H31IN4O4. The lowest BCUT2D eigenvalue weighted by molar-refractivity contribution is 0.180. The van der Waals surface area contributed by atoms with Crippen molar-refractivity contribution in [3.8, 4) is 23.0 Å². The van der Waals surface area contributed by atoms with Crippen LogP contribution in [0.3, 0.4) is 0 Å². The maximum absolute atomic E-state index is 10.6. The largest absolute Gasteiger partial charge is 0.493 e. The van der Waals surface area contributed by atoms with E-state index in [1.807, 2.05) is 38.1 Å². The molecule has 3 aromatic rings. The number of benzene rings is 2. The Morgan fingerprint density at radius 3 is 2.48 bits per heavy atom. The van der Waals surface area contributed by atoms with Gasteiger partial charge in [0.25, 0.3) is 0 Å². The summed E-state index contributed by atoms with van der Waals surface area (Å²) in [5.74, 6) is 2.33. The summed E-state index contributed by atoms with van der Waals surface area (Å²) in [6, 6.07) is 13.3. The monoisotopic (exact) mass is 566 g/mol. The zero-order chi connectivity index (χ0) is 22.9. The van der Waals surface area contributed by atoms with Crippen LogP contribution in [0.4, 0.5) is 0 Å². The Morgan fingerprint density at radius 1 is 1.09 bits per heavy atom. The summed E-state index contributed by atoms with van der Waals surface area (Å²) in [5, 5.41) is 16.9. The third-order valence-electron chi connectivity index (χ3n) is 4.85. The van der Waals surface area contributed by atoms with Gasteiger partial charge in [-0.2, -0.15) is 0 Å². The summed E-state index contributed by atoms with van der Waals surface area (Å²) in [6.07, 6.45) is 0.861. The number of aryl methyl sites for hydroxylation is 1. The van der Waals surface area contributed by atoms with E-state index in [1.54, 1.807) is 38.7 Å². The first-order chi connectivity index (χ1) is 15.5. The molecule has 0 aliphatic rings. The van der Waals surface area contributed by atoms with Crippen molar-refractivity contribution < 1.29 is 19.0 Å². The number of aliphatic hydroxyl groups is 1. The number of rotatable bonds is 9. The van der Waals surface area contributed by atoms with E-state index >= 15 is 0 Å². The molecule has 178 valence electrons. The molecule has 9 heteroatoms. The van der Waals surface area contributed by atoms with Crippen LogP contribution in [-0.4, -0.2) is 43.4 Å². The second kappa shape index (κ2) is 13.0. The van der Waals surface area contributed by atoms with Gasteiger partial charge in [-0.3, -0.25) is 0 Å². The van der Waals surface area contributed by atoms with E-state index in [9.17, 15) is 5.11 Å². The van der Waals surface area contributed by atoms with Gasteiger partial charge in [-0.15, -0.1) is 24.0 Å². The fraction of sp³-hybridized carbons (Fsp3) is 0.333. The van der Waals surface area contributed by atoms with Crippen molar-refractivity contribution in [1.29, 1.82) is 0 Å². The van der Waals surface area contributed by atoms with Crippen molar-refractivity contribution >= 4 is 29.9 Å². The highest BCUT2D eigenvalue weighted by atomic mass is 127. The van der Waals surface area contributed by atoms with Gasteiger partial charge in [-0.1, -0.05) is 23.8 Å². The van der Waals surface area contributed by atoms with Crippen LogP contribution in [0.5, 0.6) is 11.5 Å². The number of aliphatic hydroxyl groups excluding tert-OH is 1. The first kappa shape index (κ1) is 26.5. The normalized spacial score (nSPS) is 12.0. The third-order valence-corrected chi connectivity index (χ3v) is 4.85. The van der Waals surface area contributed by atoms with Gasteiger partial charge in [0, 0.05) is 18.7 Å². The van der Waals surface area contributed by atoms with Crippen molar-refractivity contribution in [2.75, 3.05) is 27.3 Å². The van der Waals surface area contributed by atoms with Crippen LogP contribution in [0, 0.1) is 6.92 Å². The van der Waals surface area contributed by atoms with Gasteiger partial charge in [0.05, 0.1) is 26.9 Å². The lowest BCUT2D eigenvalue weighted by atomic mass is 10.1. The molecule has 3 N–H and O–H groups in total. The Morgan fingerprint density at radius 2 is 1.82 bits per heavy atom. The third kappa shape index (κ3) is 7.36. The van der Waals surface area contributed by atoms with E-state index in [4.69, 9.17) is 13.9 Å². The molecule has 1 heterocycles. The fourth-order valence-corrected chi connectivity index (χ4v) is 3.08. The highest BCUT2D eigenvalue weighted by Gasteiger charge is 2.13. The standard InChI is InChI=1S/C24H30N4O4.HI/c1-5-25-24(27-14-20(29)18-10-11-21(30-3)22(12-18)31-4)26-13-19-15-32-23(28-19)17-8-6-16(2)7-9-17;/h6-12,15,20,29H,5,13-14H2,1-4H3,(H2,25,26,27);1H. The van der Waals surface area contributed by atoms with Crippen molar-refractivity contribution in [3.63, 3.8) is 0 Å². The molecule has 0 bridgehead atoms. The second-order valence-electron chi connectivity index (χ2n) is 7.22. The van der Waals surface area contributed by atoms with Gasteiger partial charge in [0.1, 0.15) is 12.0 Å². The van der Waals surface area contributed by atoms with E-state index in [-0.39, 0.29) is 30.5 Å². The van der Waals surface area contributed by atoms with Gasteiger partial charge in [-0.05, 0) is 43.7 Å². The summed E-state index contributed by atoms with van der Waals surface area (Å²) in [7, 11) is 3.14. The van der Waals surface area contributed by atoms with Gasteiger partial charge in [-0.25, -0.2) is 9.98 Å². The molecule has 1 unspecified atom stereocenters. The quantitative estimate of drug-likeness (QED) is 0.204. The zero-order valence-corrected chi connectivity index (χ0v) is 21.6. The van der Waals surface area contributed by atoms with Crippen LogP contribution in [0.2, 0.25) is 0 Å². The molecule has 33 heavy (non-hydrogen) atoms. The van der Waals surface area contributed by atoms with E-state index in [2.05, 4.69) is 20.6 Å². The summed E-state index contributed by atoms with van der Waals surface area (Å²) >= 11 is 0. The molecule has 2 aromatic carbocycles. The van der Waals surface area contributed by atoms with Crippen molar-refractivity contribution in [2.45, 2.75) is 26.5 Å². The number of oxazole rings is 1. The first-order valence-corrected chi connectivity index (χ1v) is 10.5. The van der Waals surface area contributed by atoms with Gasteiger partial charge in [0.15, 0.2) is 17.5 Å². The van der Waals surface area contributed by atoms with Crippen LogP contribution in [-0.2, 0) is 6.54 Å². The molecular weight excluding hydrogens is 535 g/mol.